The fraction of sp³-hybridized carbons (Fsp3) is 0.333. The SMILES string of the molecule is CNc1c(F)cccc1C(=O)NCCCC(N)=O. The number of amides is 2. The lowest BCUT2D eigenvalue weighted by atomic mass is 10.1. The Morgan fingerprint density at radius 1 is 1.39 bits per heavy atom. The number of nitrogens with one attached hydrogen (secondary N) is 2. The molecule has 98 valence electrons. The molecule has 1 rings (SSSR count). The maximum absolute atomic E-state index is 13.4. The van der Waals surface area contributed by atoms with Crippen LogP contribution < -0.4 is 16.4 Å². The van der Waals surface area contributed by atoms with E-state index in [0.29, 0.717) is 13.0 Å². The molecule has 18 heavy (non-hydrogen) atoms. The summed E-state index contributed by atoms with van der Waals surface area (Å²) in [6.45, 7) is 0.321. The first-order valence-corrected chi connectivity index (χ1v) is 5.59. The van der Waals surface area contributed by atoms with E-state index in [1.54, 1.807) is 7.05 Å². The number of carbonyl (C=O) groups is 2. The van der Waals surface area contributed by atoms with Crippen molar-refractivity contribution in [2.45, 2.75) is 12.8 Å². The molecule has 0 bridgehead atoms. The van der Waals surface area contributed by atoms with Crippen LogP contribution in [0, 0.1) is 5.82 Å². The Morgan fingerprint density at radius 2 is 2.11 bits per heavy atom. The summed E-state index contributed by atoms with van der Waals surface area (Å²) in [6.07, 6.45) is 0.674. The van der Waals surface area contributed by atoms with Gasteiger partial charge in [-0.25, -0.2) is 4.39 Å². The lowest BCUT2D eigenvalue weighted by molar-refractivity contribution is -0.118. The van der Waals surface area contributed by atoms with Crippen LogP contribution in [0.15, 0.2) is 18.2 Å². The summed E-state index contributed by atoms with van der Waals surface area (Å²) >= 11 is 0. The molecule has 2 amide bonds. The van der Waals surface area contributed by atoms with Gasteiger partial charge in [0.2, 0.25) is 5.91 Å². The first kappa shape index (κ1) is 14.0. The minimum Gasteiger partial charge on any atom is -0.385 e. The second-order valence-electron chi connectivity index (χ2n) is 3.74. The topological polar surface area (TPSA) is 84.2 Å². The average Bonchev–Trinajstić information content (AvgIpc) is 2.33. The summed E-state index contributed by atoms with van der Waals surface area (Å²) in [5, 5.41) is 5.25. The molecule has 4 N–H and O–H groups in total. The van der Waals surface area contributed by atoms with E-state index in [4.69, 9.17) is 5.73 Å². The van der Waals surface area contributed by atoms with E-state index in [-0.39, 0.29) is 23.6 Å². The van der Waals surface area contributed by atoms with E-state index in [1.165, 1.54) is 18.2 Å². The summed E-state index contributed by atoms with van der Waals surface area (Å²) in [6, 6.07) is 4.27. The van der Waals surface area contributed by atoms with Crippen LogP contribution in [-0.4, -0.2) is 25.4 Å². The lowest BCUT2D eigenvalue weighted by Crippen LogP contribution is -2.26. The van der Waals surface area contributed by atoms with Crippen molar-refractivity contribution in [3.8, 4) is 0 Å². The van der Waals surface area contributed by atoms with Crippen molar-refractivity contribution in [2.24, 2.45) is 5.73 Å². The van der Waals surface area contributed by atoms with Crippen LogP contribution >= 0.6 is 0 Å². The van der Waals surface area contributed by atoms with E-state index in [0.717, 1.165) is 0 Å². The molecule has 0 heterocycles. The van der Waals surface area contributed by atoms with Crippen LogP contribution in [0.3, 0.4) is 0 Å². The fourth-order valence-corrected chi connectivity index (χ4v) is 1.53. The molecular weight excluding hydrogens is 237 g/mol. The van der Waals surface area contributed by atoms with Gasteiger partial charge >= 0.3 is 0 Å². The van der Waals surface area contributed by atoms with Crippen LogP contribution in [0.4, 0.5) is 10.1 Å². The van der Waals surface area contributed by atoms with Gasteiger partial charge in [0, 0.05) is 20.0 Å². The smallest absolute Gasteiger partial charge is 0.253 e. The van der Waals surface area contributed by atoms with E-state index in [1.807, 2.05) is 0 Å². The van der Waals surface area contributed by atoms with Crippen LogP contribution in [0.2, 0.25) is 0 Å². The molecule has 1 aromatic rings. The number of hydrogen-bond acceptors (Lipinski definition) is 3. The molecule has 0 unspecified atom stereocenters. The molecule has 0 spiro atoms. The van der Waals surface area contributed by atoms with Gasteiger partial charge in [0.05, 0.1) is 11.3 Å². The number of nitrogens with two attached hydrogens (primary N) is 1. The number of primary amides is 1. The minimum atomic E-state index is -0.484. The maximum Gasteiger partial charge on any atom is 0.253 e. The van der Waals surface area contributed by atoms with Gasteiger partial charge < -0.3 is 16.4 Å². The fourth-order valence-electron chi connectivity index (χ4n) is 1.53. The van der Waals surface area contributed by atoms with Gasteiger partial charge in [-0.1, -0.05) is 6.07 Å². The quantitative estimate of drug-likeness (QED) is 0.657. The van der Waals surface area contributed by atoms with Crippen molar-refractivity contribution in [1.82, 2.24) is 5.32 Å². The zero-order valence-corrected chi connectivity index (χ0v) is 10.1. The van der Waals surface area contributed by atoms with E-state index in [2.05, 4.69) is 10.6 Å². The Labute approximate surface area is 105 Å². The van der Waals surface area contributed by atoms with Crippen molar-refractivity contribution >= 4 is 17.5 Å². The molecule has 6 heteroatoms. The Bertz CT molecular complexity index is 449. The Kier molecular flexibility index (Phi) is 5.10. The molecule has 0 aliphatic heterocycles. The summed E-state index contributed by atoms with van der Waals surface area (Å²) in [4.78, 5) is 22.3. The zero-order chi connectivity index (χ0) is 13.5. The third kappa shape index (κ3) is 3.73. The highest BCUT2D eigenvalue weighted by molar-refractivity contribution is 5.99. The maximum atomic E-state index is 13.4. The van der Waals surface area contributed by atoms with Gasteiger partial charge in [0.1, 0.15) is 5.82 Å². The Morgan fingerprint density at radius 3 is 2.72 bits per heavy atom. The monoisotopic (exact) mass is 253 g/mol. The molecule has 0 saturated heterocycles. The first-order chi connectivity index (χ1) is 8.56. The molecule has 0 atom stereocenters. The largest absolute Gasteiger partial charge is 0.385 e. The highest BCUT2D eigenvalue weighted by atomic mass is 19.1. The molecule has 0 aliphatic carbocycles. The third-order valence-electron chi connectivity index (χ3n) is 2.39. The number of halogens is 1. The summed E-state index contributed by atoms with van der Waals surface area (Å²) in [5.41, 5.74) is 5.36. The molecule has 1 aromatic carbocycles. The van der Waals surface area contributed by atoms with Crippen molar-refractivity contribution in [3.63, 3.8) is 0 Å². The van der Waals surface area contributed by atoms with Crippen LogP contribution in [-0.2, 0) is 4.79 Å². The molecule has 0 aromatic heterocycles. The number of carbonyl (C=O) groups excluding carboxylic acids is 2. The summed E-state index contributed by atoms with van der Waals surface area (Å²) < 4.78 is 13.4. The lowest BCUT2D eigenvalue weighted by Gasteiger charge is -2.10. The summed E-state index contributed by atoms with van der Waals surface area (Å²) in [7, 11) is 1.54. The van der Waals surface area contributed by atoms with Crippen LogP contribution in [0.1, 0.15) is 23.2 Å². The van der Waals surface area contributed by atoms with E-state index >= 15 is 0 Å². The number of benzene rings is 1. The van der Waals surface area contributed by atoms with Crippen molar-refractivity contribution in [3.05, 3.63) is 29.6 Å². The highest BCUT2D eigenvalue weighted by Crippen LogP contribution is 2.18. The predicted molar refractivity (Wildman–Crippen MR) is 66.7 cm³/mol. The van der Waals surface area contributed by atoms with Gasteiger partial charge in [0.25, 0.3) is 5.91 Å². The molecular formula is C12H16FN3O2. The number of hydrogen-bond donors (Lipinski definition) is 3. The third-order valence-corrected chi connectivity index (χ3v) is 2.39. The van der Waals surface area contributed by atoms with Gasteiger partial charge in [-0.2, -0.15) is 0 Å². The van der Waals surface area contributed by atoms with Gasteiger partial charge in [-0.05, 0) is 18.6 Å². The number of rotatable bonds is 6. The first-order valence-electron chi connectivity index (χ1n) is 5.59. The van der Waals surface area contributed by atoms with E-state index < -0.39 is 11.7 Å². The van der Waals surface area contributed by atoms with E-state index in [9.17, 15) is 14.0 Å². The highest BCUT2D eigenvalue weighted by Gasteiger charge is 2.13. The van der Waals surface area contributed by atoms with Gasteiger partial charge in [-0.3, -0.25) is 9.59 Å². The average molecular weight is 253 g/mol. The molecule has 0 fully saturated rings. The normalized spacial score (nSPS) is 9.89. The molecule has 0 aliphatic rings. The standard InChI is InChI=1S/C12H16FN3O2/c1-15-11-8(4-2-5-9(11)13)12(18)16-7-3-6-10(14)17/h2,4-5,15H,3,6-7H2,1H3,(H2,14,17)(H,16,18). The van der Waals surface area contributed by atoms with Crippen LogP contribution in [0.5, 0.6) is 0 Å². The molecule has 0 radical (unpaired) electrons. The Balaban J connectivity index is 2.61. The van der Waals surface area contributed by atoms with Crippen molar-refractivity contribution in [1.29, 1.82) is 0 Å². The number of anilines is 1. The van der Waals surface area contributed by atoms with Crippen molar-refractivity contribution < 1.29 is 14.0 Å². The minimum absolute atomic E-state index is 0.157. The van der Waals surface area contributed by atoms with Crippen LogP contribution in [0.25, 0.3) is 0 Å². The second-order valence-corrected chi connectivity index (χ2v) is 3.74. The van der Waals surface area contributed by atoms with Gasteiger partial charge in [0.15, 0.2) is 0 Å². The second kappa shape index (κ2) is 6.58. The Hall–Kier alpha value is -2.11. The summed E-state index contributed by atoms with van der Waals surface area (Å²) in [5.74, 6) is -1.28. The van der Waals surface area contributed by atoms with Gasteiger partial charge in [-0.15, -0.1) is 0 Å². The van der Waals surface area contributed by atoms with Crippen molar-refractivity contribution in [2.75, 3.05) is 18.9 Å². The number of para-hydroxylation sites is 1. The molecule has 5 nitrogen and oxygen atoms in total. The predicted octanol–water partition coefficient (Wildman–Crippen LogP) is 0.863. The zero-order valence-electron chi connectivity index (χ0n) is 10.1. The molecule has 0 saturated carbocycles.